The van der Waals surface area contributed by atoms with Crippen molar-refractivity contribution >= 4 is 27.8 Å². The van der Waals surface area contributed by atoms with Gasteiger partial charge in [-0.3, -0.25) is 0 Å². The fourth-order valence-electron chi connectivity index (χ4n) is 3.59. The molecule has 148 valence electrons. The van der Waals surface area contributed by atoms with Crippen LogP contribution in [0.1, 0.15) is 44.7 Å². The number of aryl methyl sites for hydroxylation is 1. The molecule has 2 aliphatic rings. The molecule has 0 bridgehead atoms. The first kappa shape index (κ1) is 19.5. The van der Waals surface area contributed by atoms with Gasteiger partial charge in [0.15, 0.2) is 0 Å². The molecule has 27 heavy (non-hydrogen) atoms. The molecule has 1 aliphatic heterocycles. The molecule has 1 atom stereocenters. The molecule has 0 radical (unpaired) electrons. The smallest absolute Gasteiger partial charge is 0.437 e. The number of ether oxygens (including phenoxy) is 1. The fourth-order valence-corrected chi connectivity index (χ4v) is 5.13. The van der Waals surface area contributed by atoms with E-state index in [0.29, 0.717) is 12.1 Å². The average molecular weight is 394 g/mol. The zero-order valence-corrected chi connectivity index (χ0v) is 16.9. The summed E-state index contributed by atoms with van der Waals surface area (Å²) in [6.07, 6.45) is 1.44. The van der Waals surface area contributed by atoms with Crippen molar-refractivity contribution in [2.75, 3.05) is 18.5 Å². The number of carbonyl (C=O) groups is 1. The van der Waals surface area contributed by atoms with Gasteiger partial charge in [-0.15, -0.1) is 4.99 Å². The third-order valence-corrected chi connectivity index (χ3v) is 6.65. The average Bonchev–Trinajstić information content (AvgIpc) is 2.51. The van der Waals surface area contributed by atoms with E-state index in [-0.39, 0.29) is 11.7 Å². The van der Waals surface area contributed by atoms with E-state index in [2.05, 4.69) is 10.3 Å². The van der Waals surface area contributed by atoms with E-state index in [1.54, 1.807) is 20.8 Å². The van der Waals surface area contributed by atoms with Crippen molar-refractivity contribution in [1.82, 2.24) is 9.62 Å². The van der Waals surface area contributed by atoms with Gasteiger partial charge in [-0.25, -0.2) is 17.5 Å². The van der Waals surface area contributed by atoms with Gasteiger partial charge in [-0.1, -0.05) is 6.07 Å². The fraction of sp³-hybridized carbons (Fsp3) is 0.556. The van der Waals surface area contributed by atoms with Gasteiger partial charge in [0.05, 0.1) is 11.3 Å². The van der Waals surface area contributed by atoms with E-state index in [9.17, 15) is 13.2 Å². The van der Waals surface area contributed by atoms with E-state index in [4.69, 9.17) is 10.5 Å². The Morgan fingerprint density at radius 3 is 2.74 bits per heavy atom. The zero-order chi connectivity index (χ0) is 20.0. The highest BCUT2D eigenvalue weighted by molar-refractivity contribution is 7.89. The van der Waals surface area contributed by atoms with Crippen LogP contribution in [0.3, 0.4) is 0 Å². The lowest BCUT2D eigenvalue weighted by molar-refractivity contribution is 0.0601. The largest absolute Gasteiger partial charge is 0.442 e. The quantitative estimate of drug-likeness (QED) is 0.650. The van der Waals surface area contributed by atoms with Crippen LogP contribution in [0, 0.1) is 0 Å². The number of amides is 1. The summed E-state index contributed by atoms with van der Waals surface area (Å²) in [5.74, 6) is -0.161. The summed E-state index contributed by atoms with van der Waals surface area (Å²) in [7, 11) is -2.30. The number of nitrogens with two attached hydrogens (primary N) is 1. The maximum Gasteiger partial charge on any atom is 0.437 e. The van der Waals surface area contributed by atoms with Gasteiger partial charge in [0, 0.05) is 12.7 Å². The van der Waals surface area contributed by atoms with Crippen LogP contribution in [0.5, 0.6) is 0 Å². The minimum absolute atomic E-state index is 0.0363. The number of guanidine groups is 1. The second-order valence-corrected chi connectivity index (χ2v) is 10.1. The Labute approximate surface area is 159 Å². The van der Waals surface area contributed by atoms with Gasteiger partial charge in [-0.05, 0) is 63.3 Å². The molecule has 8 nitrogen and oxygen atoms in total. The van der Waals surface area contributed by atoms with Gasteiger partial charge in [0.2, 0.25) is 16.0 Å². The molecule has 0 unspecified atom stereocenters. The Kier molecular flexibility index (Phi) is 4.62. The molecule has 1 spiro atoms. The van der Waals surface area contributed by atoms with Crippen LogP contribution in [0.4, 0.5) is 10.5 Å². The number of nitrogen functional groups attached to an aromatic ring is 1. The number of hydrogen-bond donors (Lipinski definition) is 2. The van der Waals surface area contributed by atoms with Gasteiger partial charge in [-0.2, -0.15) is 0 Å². The van der Waals surface area contributed by atoms with Crippen molar-refractivity contribution in [2.24, 2.45) is 4.99 Å². The van der Waals surface area contributed by atoms with Crippen molar-refractivity contribution in [1.29, 1.82) is 0 Å². The zero-order valence-electron chi connectivity index (χ0n) is 16.1. The summed E-state index contributed by atoms with van der Waals surface area (Å²) in [5, 5.41) is 3.21. The monoisotopic (exact) mass is 394 g/mol. The topological polar surface area (TPSA) is 114 Å². The summed E-state index contributed by atoms with van der Waals surface area (Å²) < 4.78 is 31.9. The van der Waals surface area contributed by atoms with Gasteiger partial charge < -0.3 is 15.8 Å². The van der Waals surface area contributed by atoms with E-state index in [1.165, 1.54) is 7.05 Å². The molecule has 3 N–H and O–H groups in total. The molecule has 1 amide bonds. The highest BCUT2D eigenvalue weighted by atomic mass is 32.2. The first-order valence-corrected chi connectivity index (χ1v) is 10.5. The molecule has 1 aromatic carbocycles. The molecule has 1 aliphatic carbocycles. The maximum atomic E-state index is 12.8. The Morgan fingerprint density at radius 1 is 1.37 bits per heavy atom. The lowest BCUT2D eigenvalue weighted by Gasteiger charge is -2.45. The minimum atomic E-state index is -3.67. The maximum absolute atomic E-state index is 12.8. The van der Waals surface area contributed by atoms with Crippen LogP contribution in [0.2, 0.25) is 0 Å². The summed E-state index contributed by atoms with van der Waals surface area (Å²) in [6, 6.07) is 5.56. The van der Waals surface area contributed by atoms with E-state index >= 15 is 0 Å². The van der Waals surface area contributed by atoms with Gasteiger partial charge in [0.1, 0.15) is 5.60 Å². The lowest BCUT2D eigenvalue weighted by atomic mass is 9.77. The summed E-state index contributed by atoms with van der Waals surface area (Å²) >= 11 is 0. The summed E-state index contributed by atoms with van der Waals surface area (Å²) in [6.45, 7) is 5.17. The van der Waals surface area contributed by atoms with E-state index in [0.717, 1.165) is 28.3 Å². The number of hydrogen-bond acceptors (Lipinski definition) is 5. The number of aliphatic imine (C=N–C) groups is 1. The molecule has 1 heterocycles. The molecule has 0 aromatic heterocycles. The molecular formula is C18H26N4O4S. The van der Waals surface area contributed by atoms with Crippen LogP contribution in [-0.2, 0) is 26.7 Å². The first-order chi connectivity index (χ1) is 12.4. The van der Waals surface area contributed by atoms with Crippen LogP contribution in [0.15, 0.2) is 23.2 Å². The predicted octanol–water partition coefficient (Wildman–Crippen LogP) is 1.96. The van der Waals surface area contributed by atoms with Crippen molar-refractivity contribution in [3.05, 3.63) is 29.3 Å². The van der Waals surface area contributed by atoms with Crippen LogP contribution < -0.4 is 11.1 Å². The van der Waals surface area contributed by atoms with Crippen LogP contribution >= 0.6 is 0 Å². The SMILES string of the molecule is CN1/C(=N/C(=O)OC(C)(C)C)N[C@@]2(CCCc3ccc(N)cc32)CS1(=O)=O. The second kappa shape index (κ2) is 6.40. The van der Waals surface area contributed by atoms with Gasteiger partial charge >= 0.3 is 6.09 Å². The normalized spacial score (nSPS) is 25.8. The second-order valence-electron chi connectivity index (χ2n) is 8.12. The Morgan fingerprint density at radius 2 is 2.07 bits per heavy atom. The number of rotatable bonds is 0. The molecule has 1 fully saturated rings. The van der Waals surface area contributed by atoms with E-state index < -0.39 is 27.3 Å². The Hall–Kier alpha value is -2.29. The van der Waals surface area contributed by atoms with Crippen molar-refractivity contribution in [3.8, 4) is 0 Å². The van der Waals surface area contributed by atoms with Gasteiger partial charge in [0.25, 0.3) is 0 Å². The first-order valence-electron chi connectivity index (χ1n) is 8.87. The third-order valence-electron chi connectivity index (χ3n) is 4.79. The number of sulfonamides is 1. The molecule has 1 saturated heterocycles. The Balaban J connectivity index is 2.05. The standard InChI is InChI=1S/C18H26N4O4S/c1-17(2,3)26-16(23)20-15-21-18(11-27(24,25)22(15)4)9-5-6-12-7-8-13(19)10-14(12)18/h7-8,10H,5-6,9,11,19H2,1-4H3,(H,20,21,23)/t18-/m0/s1. The van der Waals surface area contributed by atoms with E-state index in [1.807, 2.05) is 18.2 Å². The molecule has 9 heteroatoms. The number of anilines is 1. The van der Waals surface area contributed by atoms with Crippen LogP contribution in [-0.4, -0.2) is 43.2 Å². The van der Waals surface area contributed by atoms with Crippen molar-refractivity contribution in [3.63, 3.8) is 0 Å². The Bertz CT molecular complexity index is 904. The number of fused-ring (bicyclic) bond motifs is 2. The summed E-state index contributed by atoms with van der Waals surface area (Å²) in [4.78, 5) is 16.1. The number of benzene rings is 1. The number of nitrogens with one attached hydrogen (secondary N) is 1. The molecule has 3 rings (SSSR count). The molecule has 0 saturated carbocycles. The van der Waals surface area contributed by atoms with Crippen molar-refractivity contribution in [2.45, 2.75) is 51.2 Å². The highest BCUT2D eigenvalue weighted by Crippen LogP contribution is 2.40. The number of nitrogens with zero attached hydrogens (tertiary/aromatic N) is 2. The third kappa shape index (κ3) is 3.87. The molecule has 1 aromatic rings. The number of carbonyl (C=O) groups excluding carboxylic acids is 1. The lowest BCUT2D eigenvalue weighted by Crippen LogP contribution is -2.63. The summed E-state index contributed by atoms with van der Waals surface area (Å²) in [5.41, 5.74) is 6.84. The molecular weight excluding hydrogens is 368 g/mol. The van der Waals surface area contributed by atoms with Crippen LogP contribution in [0.25, 0.3) is 0 Å². The highest BCUT2D eigenvalue weighted by Gasteiger charge is 2.47. The minimum Gasteiger partial charge on any atom is -0.442 e. The predicted molar refractivity (Wildman–Crippen MR) is 104 cm³/mol. The van der Waals surface area contributed by atoms with Crippen molar-refractivity contribution < 1.29 is 17.9 Å².